The highest BCUT2D eigenvalue weighted by atomic mass is 16.6. The molecule has 1 aliphatic heterocycles. The third-order valence-corrected chi connectivity index (χ3v) is 1.46. The fraction of sp³-hybridized carbons (Fsp3) is 0.111. The molecule has 0 saturated heterocycles. The molecule has 0 aromatic heterocycles. The fourth-order valence-corrected chi connectivity index (χ4v) is 0.821. The number of ether oxygens (including phenoxy) is 2. The minimum Gasteiger partial charge on any atom is -0.508 e. The molecule has 6 heteroatoms. The number of hydrogen-bond donors (Lipinski definition) is 2. The minimum absolute atomic E-state index is 0.0600. The van der Waals surface area contributed by atoms with Crippen molar-refractivity contribution in [1.29, 1.82) is 0 Å². The van der Waals surface area contributed by atoms with Crippen LogP contribution in [-0.2, 0) is 19.1 Å². The third kappa shape index (κ3) is 2.87. The molecule has 0 amide bonds. The average molecular weight is 212 g/mol. The van der Waals surface area contributed by atoms with Crippen molar-refractivity contribution >= 4 is 11.9 Å². The van der Waals surface area contributed by atoms with Crippen molar-refractivity contribution in [2.24, 2.45) is 0 Å². The molecule has 15 heavy (non-hydrogen) atoms. The summed E-state index contributed by atoms with van der Waals surface area (Å²) >= 11 is 0. The van der Waals surface area contributed by atoms with Gasteiger partial charge in [0.15, 0.2) is 0 Å². The van der Waals surface area contributed by atoms with Crippen LogP contribution in [0.5, 0.6) is 0 Å². The molecule has 6 nitrogen and oxygen atoms in total. The van der Waals surface area contributed by atoms with E-state index in [4.69, 9.17) is 10.2 Å². The normalized spacial score (nSPS) is 18.7. The number of carbonyl (C=O) groups is 2. The van der Waals surface area contributed by atoms with Gasteiger partial charge in [-0.3, -0.25) is 0 Å². The lowest BCUT2D eigenvalue weighted by molar-refractivity contribution is -0.136. The Morgan fingerprint density at radius 2 is 2.27 bits per heavy atom. The quantitative estimate of drug-likeness (QED) is 0.393. The molecule has 0 aromatic carbocycles. The second-order valence-corrected chi connectivity index (χ2v) is 2.56. The summed E-state index contributed by atoms with van der Waals surface area (Å²) in [5.41, 5.74) is 0. The number of aliphatic hydroxyl groups is 2. The second-order valence-electron chi connectivity index (χ2n) is 2.56. The van der Waals surface area contributed by atoms with E-state index in [1.807, 2.05) is 0 Å². The molecule has 1 rings (SSSR count). The summed E-state index contributed by atoms with van der Waals surface area (Å²) in [6, 6.07) is 0. The largest absolute Gasteiger partial charge is 0.508 e. The lowest BCUT2D eigenvalue weighted by Crippen LogP contribution is -1.98. The second kappa shape index (κ2) is 4.32. The molecule has 0 aromatic rings. The number of allylic oxidation sites excluding steroid dienone is 2. The van der Waals surface area contributed by atoms with Crippen molar-refractivity contribution in [2.75, 3.05) is 7.11 Å². The summed E-state index contributed by atoms with van der Waals surface area (Å²) in [4.78, 5) is 21.3. The molecule has 1 aliphatic rings. The predicted octanol–water partition coefficient (Wildman–Crippen LogP) is 0.484. The van der Waals surface area contributed by atoms with E-state index in [-0.39, 0.29) is 5.76 Å². The van der Waals surface area contributed by atoms with Crippen LogP contribution in [0.2, 0.25) is 0 Å². The molecular formula is C9H8O6. The van der Waals surface area contributed by atoms with Crippen LogP contribution in [0.3, 0.4) is 0 Å². The minimum atomic E-state index is -0.910. The average Bonchev–Trinajstić information content (AvgIpc) is 2.45. The van der Waals surface area contributed by atoms with E-state index in [2.05, 4.69) is 9.47 Å². The summed E-state index contributed by atoms with van der Waals surface area (Å²) in [5.74, 6) is -2.73. The fourth-order valence-electron chi connectivity index (χ4n) is 0.821. The van der Waals surface area contributed by atoms with Crippen LogP contribution in [0.1, 0.15) is 0 Å². The summed E-state index contributed by atoms with van der Waals surface area (Å²) in [6.07, 6.45) is 2.81. The Hall–Kier alpha value is -2.24. The van der Waals surface area contributed by atoms with Crippen LogP contribution >= 0.6 is 0 Å². The topological polar surface area (TPSA) is 93.1 Å². The number of hydrogen-bond acceptors (Lipinski definition) is 6. The number of esters is 2. The zero-order valence-electron chi connectivity index (χ0n) is 7.76. The number of methoxy groups -OCH3 is 1. The first-order valence-corrected chi connectivity index (χ1v) is 3.86. The Morgan fingerprint density at radius 3 is 2.73 bits per heavy atom. The Labute approximate surface area is 84.7 Å². The lowest BCUT2D eigenvalue weighted by Gasteiger charge is -1.95. The Morgan fingerprint density at radius 1 is 1.60 bits per heavy atom. The van der Waals surface area contributed by atoms with Crippen LogP contribution in [0, 0.1) is 0 Å². The van der Waals surface area contributed by atoms with E-state index in [9.17, 15) is 9.59 Å². The summed E-state index contributed by atoms with van der Waals surface area (Å²) in [5, 5.41) is 18.0. The van der Waals surface area contributed by atoms with Gasteiger partial charge in [-0.05, 0) is 0 Å². The highest BCUT2D eigenvalue weighted by Gasteiger charge is 2.20. The maximum atomic E-state index is 10.7. The number of aliphatic hydroxyl groups excluding tert-OH is 2. The molecule has 0 spiro atoms. The van der Waals surface area contributed by atoms with Gasteiger partial charge in [-0.25, -0.2) is 9.59 Å². The van der Waals surface area contributed by atoms with Gasteiger partial charge in [0.2, 0.25) is 5.76 Å². The zero-order chi connectivity index (χ0) is 11.4. The van der Waals surface area contributed by atoms with Gasteiger partial charge >= 0.3 is 11.9 Å². The zero-order valence-corrected chi connectivity index (χ0v) is 7.76. The Kier molecular flexibility index (Phi) is 3.12. The van der Waals surface area contributed by atoms with Crippen LogP contribution in [-0.4, -0.2) is 29.3 Å². The Bertz CT molecular complexity index is 387. The van der Waals surface area contributed by atoms with E-state index in [0.29, 0.717) is 0 Å². The maximum absolute atomic E-state index is 10.7. The van der Waals surface area contributed by atoms with Crippen molar-refractivity contribution in [2.45, 2.75) is 0 Å². The number of rotatable bonds is 2. The smallest absolute Gasteiger partial charge is 0.378 e. The molecule has 0 fully saturated rings. The van der Waals surface area contributed by atoms with E-state index in [0.717, 1.165) is 25.3 Å². The van der Waals surface area contributed by atoms with Gasteiger partial charge in [0.25, 0.3) is 0 Å². The number of carbonyl (C=O) groups excluding carboxylic acids is 2. The molecular weight excluding hydrogens is 204 g/mol. The van der Waals surface area contributed by atoms with Crippen molar-refractivity contribution in [3.63, 3.8) is 0 Å². The standard InChI is InChI=1S/C9H8O6/c1-14-8(12)3-5(10)2-6-4-7(11)9(13)15-6/h2-4,10-11H,1H3/b5-3-,6-2+. The van der Waals surface area contributed by atoms with Crippen molar-refractivity contribution in [3.8, 4) is 0 Å². The monoisotopic (exact) mass is 212 g/mol. The highest BCUT2D eigenvalue weighted by Crippen LogP contribution is 2.15. The number of cyclic esters (lactones) is 1. The van der Waals surface area contributed by atoms with Gasteiger partial charge in [0, 0.05) is 12.2 Å². The van der Waals surface area contributed by atoms with Crippen LogP contribution < -0.4 is 0 Å². The van der Waals surface area contributed by atoms with Gasteiger partial charge in [-0.2, -0.15) is 0 Å². The van der Waals surface area contributed by atoms with Crippen molar-refractivity contribution in [1.82, 2.24) is 0 Å². The van der Waals surface area contributed by atoms with E-state index in [1.54, 1.807) is 0 Å². The lowest BCUT2D eigenvalue weighted by atomic mass is 10.3. The molecule has 0 saturated carbocycles. The molecule has 0 radical (unpaired) electrons. The summed E-state index contributed by atoms with van der Waals surface area (Å²) < 4.78 is 8.74. The van der Waals surface area contributed by atoms with E-state index >= 15 is 0 Å². The first kappa shape index (κ1) is 10.8. The van der Waals surface area contributed by atoms with Gasteiger partial charge in [0.05, 0.1) is 13.2 Å². The van der Waals surface area contributed by atoms with Crippen molar-refractivity contribution < 1.29 is 29.3 Å². The molecule has 0 unspecified atom stereocenters. The van der Waals surface area contributed by atoms with Gasteiger partial charge in [-0.15, -0.1) is 0 Å². The first-order valence-electron chi connectivity index (χ1n) is 3.86. The third-order valence-electron chi connectivity index (χ3n) is 1.46. The van der Waals surface area contributed by atoms with E-state index < -0.39 is 23.5 Å². The molecule has 80 valence electrons. The van der Waals surface area contributed by atoms with Gasteiger partial charge in [-0.1, -0.05) is 0 Å². The summed E-state index contributed by atoms with van der Waals surface area (Å²) in [7, 11) is 1.15. The van der Waals surface area contributed by atoms with Crippen LogP contribution in [0.4, 0.5) is 0 Å². The molecule has 1 heterocycles. The molecule has 0 atom stereocenters. The van der Waals surface area contributed by atoms with Crippen molar-refractivity contribution in [3.05, 3.63) is 35.5 Å². The SMILES string of the molecule is COC(=O)/C=C(O)/C=C1\C=C(O)C(=O)O1. The van der Waals surface area contributed by atoms with E-state index in [1.165, 1.54) is 0 Å². The highest BCUT2D eigenvalue weighted by molar-refractivity contribution is 5.90. The predicted molar refractivity (Wildman–Crippen MR) is 47.6 cm³/mol. The van der Waals surface area contributed by atoms with Gasteiger partial charge in [0.1, 0.15) is 11.5 Å². The molecule has 0 bridgehead atoms. The Balaban J connectivity index is 2.78. The first-order chi connectivity index (χ1) is 7.02. The van der Waals surface area contributed by atoms with Gasteiger partial charge < -0.3 is 19.7 Å². The van der Waals surface area contributed by atoms with Crippen LogP contribution in [0.15, 0.2) is 35.5 Å². The maximum Gasteiger partial charge on any atom is 0.378 e. The molecule has 0 aliphatic carbocycles. The van der Waals surface area contributed by atoms with Crippen LogP contribution in [0.25, 0.3) is 0 Å². The summed E-state index contributed by atoms with van der Waals surface area (Å²) in [6.45, 7) is 0. The molecule has 2 N–H and O–H groups in total.